The summed E-state index contributed by atoms with van der Waals surface area (Å²) in [6.45, 7) is 4.72. The maximum absolute atomic E-state index is 2.36. The van der Waals surface area contributed by atoms with E-state index in [1.54, 1.807) is 103 Å². The Morgan fingerprint density at radius 3 is 0.679 bits per heavy atom. The quantitative estimate of drug-likeness (QED) is 0.349. The van der Waals surface area contributed by atoms with Crippen LogP contribution in [0.2, 0.25) is 0 Å². The Bertz CT molecular complexity index is 337. The molecule has 0 spiro atoms. The summed E-state index contributed by atoms with van der Waals surface area (Å²) in [7, 11) is 0. The molecule has 3 aliphatic carbocycles. The van der Waals surface area contributed by atoms with E-state index >= 15 is 0 Å². The summed E-state index contributed by atoms with van der Waals surface area (Å²) >= 11 is 0. The van der Waals surface area contributed by atoms with Crippen molar-refractivity contribution in [2.75, 3.05) is 0 Å². The van der Waals surface area contributed by atoms with Crippen molar-refractivity contribution < 1.29 is 0 Å². The van der Waals surface area contributed by atoms with Crippen molar-refractivity contribution in [1.82, 2.24) is 0 Å². The molecule has 0 heteroatoms. The van der Waals surface area contributed by atoms with Gasteiger partial charge in [0.15, 0.2) is 0 Å². The third-order valence-electron chi connectivity index (χ3n) is 9.26. The predicted molar refractivity (Wildman–Crippen MR) is 125 cm³/mol. The van der Waals surface area contributed by atoms with Crippen molar-refractivity contribution in [3.8, 4) is 0 Å². The first-order chi connectivity index (χ1) is 13.8. The van der Waals surface area contributed by atoms with Crippen molar-refractivity contribution in [3.05, 3.63) is 0 Å². The lowest BCUT2D eigenvalue weighted by atomic mass is 9.73. The Labute approximate surface area is 178 Å². The van der Waals surface area contributed by atoms with E-state index in [4.69, 9.17) is 0 Å². The molecular weight excluding hydrogens is 336 g/mol. The molecule has 0 saturated heterocycles. The van der Waals surface area contributed by atoms with Gasteiger partial charge in [-0.15, -0.1) is 0 Å². The monoisotopic (exact) mass is 388 g/mol. The average Bonchev–Trinajstić information content (AvgIpc) is 2.74. The number of rotatable bonds is 10. The zero-order chi connectivity index (χ0) is 19.6. The average molecular weight is 389 g/mol. The molecule has 3 rings (SSSR count). The van der Waals surface area contributed by atoms with Crippen LogP contribution in [0, 0.1) is 35.5 Å². The van der Waals surface area contributed by atoms with Crippen molar-refractivity contribution >= 4 is 0 Å². The third kappa shape index (κ3) is 7.68. The lowest BCUT2D eigenvalue weighted by Crippen LogP contribution is -2.19. The van der Waals surface area contributed by atoms with Gasteiger partial charge in [-0.2, -0.15) is 0 Å². The molecule has 28 heavy (non-hydrogen) atoms. The molecule has 0 N–H and O–H groups in total. The van der Waals surface area contributed by atoms with Gasteiger partial charge in [-0.25, -0.2) is 0 Å². The molecule has 0 unspecified atom stereocenters. The van der Waals surface area contributed by atoms with Crippen molar-refractivity contribution in [2.24, 2.45) is 35.5 Å². The Hall–Kier alpha value is 0. The van der Waals surface area contributed by atoms with E-state index in [1.807, 2.05) is 0 Å². The SMILES string of the molecule is CCC[C@H]1CC[C@H](CC[C@H]2CC[C@H](CC[C@H]3CC[C@H](CCC)CC3)CC2)CC1. The van der Waals surface area contributed by atoms with E-state index in [-0.39, 0.29) is 0 Å². The minimum absolute atomic E-state index is 1.08. The maximum atomic E-state index is 2.36. The Balaban J connectivity index is 1.21. The summed E-state index contributed by atoms with van der Waals surface area (Å²) in [6, 6.07) is 0. The van der Waals surface area contributed by atoms with E-state index in [0.29, 0.717) is 0 Å². The van der Waals surface area contributed by atoms with Crippen LogP contribution in [0.4, 0.5) is 0 Å². The molecule has 164 valence electrons. The van der Waals surface area contributed by atoms with Gasteiger partial charge in [0.1, 0.15) is 0 Å². The van der Waals surface area contributed by atoms with Gasteiger partial charge in [-0.05, 0) is 35.5 Å². The van der Waals surface area contributed by atoms with Gasteiger partial charge in [0.05, 0.1) is 0 Å². The summed E-state index contributed by atoms with van der Waals surface area (Å²) in [5.74, 6) is 6.53. The molecule has 0 aliphatic heterocycles. The van der Waals surface area contributed by atoms with Gasteiger partial charge in [-0.3, -0.25) is 0 Å². The highest BCUT2D eigenvalue weighted by Crippen LogP contribution is 2.40. The van der Waals surface area contributed by atoms with Crippen LogP contribution in [0.3, 0.4) is 0 Å². The first-order valence-electron chi connectivity index (χ1n) is 13.8. The molecule has 3 aliphatic rings. The van der Waals surface area contributed by atoms with E-state index in [2.05, 4.69) is 13.8 Å². The van der Waals surface area contributed by atoms with Gasteiger partial charge in [0, 0.05) is 0 Å². The molecule has 0 aromatic carbocycles. The van der Waals surface area contributed by atoms with E-state index in [0.717, 1.165) is 35.5 Å². The number of hydrogen-bond acceptors (Lipinski definition) is 0. The first-order valence-corrected chi connectivity index (χ1v) is 13.8. The summed E-state index contributed by atoms with van der Waals surface area (Å²) < 4.78 is 0. The fourth-order valence-electron chi connectivity index (χ4n) is 7.19. The summed E-state index contributed by atoms with van der Waals surface area (Å²) in [5.41, 5.74) is 0. The van der Waals surface area contributed by atoms with Crippen LogP contribution in [-0.4, -0.2) is 0 Å². The van der Waals surface area contributed by atoms with Gasteiger partial charge >= 0.3 is 0 Å². The normalized spacial score (nSPS) is 37.1. The highest BCUT2D eigenvalue weighted by atomic mass is 14.3. The smallest absolute Gasteiger partial charge is 0.0414 e. The molecule has 0 aromatic rings. The summed E-state index contributed by atoms with van der Waals surface area (Å²) in [5, 5.41) is 0. The van der Waals surface area contributed by atoms with Crippen LogP contribution >= 0.6 is 0 Å². The van der Waals surface area contributed by atoms with Crippen molar-refractivity contribution in [2.45, 2.75) is 142 Å². The predicted octanol–water partition coefficient (Wildman–Crippen LogP) is 9.57. The zero-order valence-electron chi connectivity index (χ0n) is 19.6. The lowest BCUT2D eigenvalue weighted by Gasteiger charge is -2.33. The second-order valence-corrected chi connectivity index (χ2v) is 11.4. The molecule has 3 saturated carbocycles. The minimum atomic E-state index is 1.08. The van der Waals surface area contributed by atoms with Gasteiger partial charge in [-0.1, -0.05) is 142 Å². The largest absolute Gasteiger partial charge is 0.0654 e. The summed E-state index contributed by atoms with van der Waals surface area (Å²) in [4.78, 5) is 0. The molecule has 3 fully saturated rings. The molecule has 0 nitrogen and oxygen atoms in total. The second-order valence-electron chi connectivity index (χ2n) is 11.4. The van der Waals surface area contributed by atoms with Crippen LogP contribution in [-0.2, 0) is 0 Å². The molecular formula is C28H52. The second kappa shape index (κ2) is 12.6. The fraction of sp³-hybridized carbons (Fsp3) is 1.00. The minimum Gasteiger partial charge on any atom is -0.0654 e. The molecule has 0 atom stereocenters. The van der Waals surface area contributed by atoms with E-state index < -0.39 is 0 Å². The van der Waals surface area contributed by atoms with Crippen LogP contribution in [0.15, 0.2) is 0 Å². The zero-order valence-corrected chi connectivity index (χ0v) is 19.6. The van der Waals surface area contributed by atoms with Gasteiger partial charge in [0.2, 0.25) is 0 Å². The summed E-state index contributed by atoms with van der Waals surface area (Å²) in [6.07, 6.45) is 30.7. The maximum Gasteiger partial charge on any atom is -0.0414 e. The van der Waals surface area contributed by atoms with Crippen LogP contribution in [0.5, 0.6) is 0 Å². The van der Waals surface area contributed by atoms with Crippen LogP contribution in [0.25, 0.3) is 0 Å². The van der Waals surface area contributed by atoms with Crippen molar-refractivity contribution in [3.63, 3.8) is 0 Å². The van der Waals surface area contributed by atoms with Crippen LogP contribution in [0.1, 0.15) is 142 Å². The highest BCUT2D eigenvalue weighted by Gasteiger charge is 2.26. The third-order valence-corrected chi connectivity index (χ3v) is 9.26. The lowest BCUT2D eigenvalue weighted by molar-refractivity contribution is 0.194. The fourth-order valence-corrected chi connectivity index (χ4v) is 7.19. The topological polar surface area (TPSA) is 0 Å². The molecule has 0 bridgehead atoms. The Morgan fingerprint density at radius 1 is 0.321 bits per heavy atom. The molecule has 0 aromatic heterocycles. The van der Waals surface area contributed by atoms with Gasteiger partial charge in [0.25, 0.3) is 0 Å². The molecule has 0 radical (unpaired) electrons. The highest BCUT2D eigenvalue weighted by molar-refractivity contribution is 4.78. The van der Waals surface area contributed by atoms with E-state index in [1.165, 1.54) is 25.7 Å². The van der Waals surface area contributed by atoms with E-state index in [9.17, 15) is 0 Å². The van der Waals surface area contributed by atoms with Crippen molar-refractivity contribution in [1.29, 1.82) is 0 Å². The standard InChI is InChI=1S/C28H52/c1-3-5-23-7-11-25(12-8-23)15-17-27-19-21-28(22-20-27)18-16-26-13-9-24(6-4-2)10-14-26/h23-28H,3-22H2,1-2H3/t23-,24-,25-,26-,27-,28-. The van der Waals surface area contributed by atoms with Crippen LogP contribution < -0.4 is 0 Å². The molecule has 0 amide bonds. The Morgan fingerprint density at radius 2 is 0.500 bits per heavy atom. The van der Waals surface area contributed by atoms with Gasteiger partial charge < -0.3 is 0 Å². The first kappa shape index (κ1) is 22.7. The molecule has 0 heterocycles. The Kier molecular flexibility index (Phi) is 10.2. The number of hydrogen-bond donors (Lipinski definition) is 0.